The van der Waals surface area contributed by atoms with Gasteiger partial charge in [-0.15, -0.1) is 0 Å². The summed E-state index contributed by atoms with van der Waals surface area (Å²) in [5.41, 5.74) is 0.936. The molecule has 0 saturated carbocycles. The lowest BCUT2D eigenvalue weighted by Gasteiger charge is -2.27. The van der Waals surface area contributed by atoms with E-state index in [0.29, 0.717) is 84.9 Å². The van der Waals surface area contributed by atoms with Crippen LogP contribution in [0, 0.1) is 0 Å². The fourth-order valence-electron chi connectivity index (χ4n) is 4.58. The molecule has 43 heavy (non-hydrogen) atoms. The molecule has 0 aromatic heterocycles. The second kappa shape index (κ2) is 20.1. The Kier molecular flexibility index (Phi) is 16.1. The Morgan fingerprint density at radius 3 is 1.86 bits per heavy atom. The number of unbranched alkanes of at least 4 members (excludes halogenated alkanes) is 2. The molecular formula is C30H45N3O10. The predicted molar refractivity (Wildman–Crippen MR) is 156 cm³/mol. The van der Waals surface area contributed by atoms with E-state index >= 15 is 0 Å². The summed E-state index contributed by atoms with van der Waals surface area (Å²) in [6.45, 7) is 8.64. The van der Waals surface area contributed by atoms with Crippen LogP contribution in [0.5, 0.6) is 0 Å². The maximum absolute atomic E-state index is 13.1. The Morgan fingerprint density at radius 2 is 1.30 bits per heavy atom. The van der Waals surface area contributed by atoms with Crippen molar-refractivity contribution in [2.75, 3.05) is 91.1 Å². The highest BCUT2D eigenvalue weighted by Crippen LogP contribution is 2.32. The largest absolute Gasteiger partial charge is 0.382 e. The van der Waals surface area contributed by atoms with Gasteiger partial charge in [0.15, 0.2) is 0 Å². The minimum atomic E-state index is -0.999. The maximum atomic E-state index is 13.1. The van der Waals surface area contributed by atoms with E-state index in [2.05, 4.69) is 17.6 Å². The third-order valence-corrected chi connectivity index (χ3v) is 6.78. The number of rotatable bonds is 24. The van der Waals surface area contributed by atoms with Crippen molar-refractivity contribution in [3.05, 3.63) is 29.3 Å². The number of hydrogen-bond donors (Lipinski definition) is 2. The number of anilines is 1. The minimum Gasteiger partial charge on any atom is -0.382 e. The van der Waals surface area contributed by atoms with E-state index in [1.165, 1.54) is 12.8 Å². The first-order chi connectivity index (χ1) is 21.0. The summed E-state index contributed by atoms with van der Waals surface area (Å²) < 4.78 is 32.9. The van der Waals surface area contributed by atoms with E-state index in [4.69, 9.17) is 28.4 Å². The number of carbonyl (C=O) groups excluding carboxylic acids is 4. The first kappa shape index (κ1) is 34.5. The average molecular weight is 608 g/mol. The molecule has 0 aliphatic carbocycles. The van der Waals surface area contributed by atoms with Crippen LogP contribution in [-0.2, 0) is 38.0 Å². The highest BCUT2D eigenvalue weighted by atomic mass is 16.6. The third-order valence-electron chi connectivity index (χ3n) is 6.78. The van der Waals surface area contributed by atoms with Gasteiger partial charge in [0.05, 0.1) is 83.8 Å². The van der Waals surface area contributed by atoms with E-state index in [0.717, 1.165) is 17.9 Å². The van der Waals surface area contributed by atoms with E-state index < -0.39 is 29.7 Å². The van der Waals surface area contributed by atoms with Gasteiger partial charge in [-0.2, -0.15) is 0 Å². The Hall–Kier alpha value is -2.94. The van der Waals surface area contributed by atoms with Gasteiger partial charge in [0.25, 0.3) is 11.8 Å². The van der Waals surface area contributed by atoms with Crippen LogP contribution < -0.4 is 10.6 Å². The molecule has 0 spiro atoms. The molecule has 240 valence electrons. The van der Waals surface area contributed by atoms with Crippen molar-refractivity contribution in [2.45, 2.75) is 45.1 Å². The van der Waals surface area contributed by atoms with Gasteiger partial charge >= 0.3 is 0 Å². The van der Waals surface area contributed by atoms with Crippen LogP contribution in [-0.4, -0.2) is 120 Å². The fraction of sp³-hybridized carbons (Fsp3) is 0.667. The second-order valence-electron chi connectivity index (χ2n) is 9.98. The molecule has 3 rings (SSSR count). The molecule has 13 heteroatoms. The summed E-state index contributed by atoms with van der Waals surface area (Å²) in [6.07, 6.45) is 3.67. The van der Waals surface area contributed by atoms with Gasteiger partial charge in [-0.25, -0.2) is 0 Å². The van der Waals surface area contributed by atoms with Crippen molar-refractivity contribution in [1.82, 2.24) is 10.2 Å². The van der Waals surface area contributed by atoms with E-state index in [1.54, 1.807) is 18.2 Å². The number of benzene rings is 1. The van der Waals surface area contributed by atoms with E-state index in [-0.39, 0.29) is 24.0 Å². The molecule has 2 aliphatic rings. The smallest absolute Gasteiger partial charge is 0.264 e. The maximum Gasteiger partial charge on any atom is 0.264 e. The average Bonchev–Trinajstić information content (AvgIpc) is 3.25. The first-order valence-corrected chi connectivity index (χ1v) is 15.1. The SMILES string of the molecule is CCCCCOCCOCCOCCOCCOCCOCCNc1cccc2c1C(=O)N(C1CCC(=O)NC1=O)C2=O. The van der Waals surface area contributed by atoms with Crippen LogP contribution in [0.3, 0.4) is 0 Å². The number of amides is 4. The Balaban J connectivity index is 1.16. The molecule has 1 aromatic rings. The highest BCUT2D eigenvalue weighted by Gasteiger charge is 2.45. The molecule has 4 amide bonds. The number of fused-ring (bicyclic) bond motifs is 1. The molecule has 1 aromatic carbocycles. The predicted octanol–water partition coefficient (Wildman–Crippen LogP) is 1.79. The number of nitrogens with one attached hydrogen (secondary N) is 2. The van der Waals surface area contributed by atoms with Crippen LogP contribution in [0.2, 0.25) is 0 Å². The van der Waals surface area contributed by atoms with Crippen LogP contribution in [0.4, 0.5) is 5.69 Å². The minimum absolute atomic E-state index is 0.0740. The van der Waals surface area contributed by atoms with Gasteiger partial charge < -0.3 is 33.7 Å². The van der Waals surface area contributed by atoms with Crippen LogP contribution in [0.1, 0.15) is 59.7 Å². The van der Waals surface area contributed by atoms with Crippen molar-refractivity contribution < 1.29 is 47.6 Å². The molecule has 2 aliphatic heterocycles. The molecule has 2 N–H and O–H groups in total. The summed E-state index contributed by atoms with van der Waals surface area (Å²) in [5, 5.41) is 5.33. The Morgan fingerprint density at radius 1 is 0.744 bits per heavy atom. The quantitative estimate of drug-likeness (QED) is 0.131. The number of imide groups is 2. The highest BCUT2D eigenvalue weighted by molar-refractivity contribution is 6.25. The Bertz CT molecular complexity index is 1040. The van der Waals surface area contributed by atoms with Crippen LogP contribution >= 0.6 is 0 Å². The molecule has 0 bridgehead atoms. The second-order valence-corrected chi connectivity index (χ2v) is 9.98. The number of hydrogen-bond acceptors (Lipinski definition) is 11. The zero-order valence-corrected chi connectivity index (χ0v) is 25.1. The molecule has 0 radical (unpaired) electrons. The zero-order chi connectivity index (χ0) is 30.7. The lowest BCUT2D eigenvalue weighted by molar-refractivity contribution is -0.136. The zero-order valence-electron chi connectivity index (χ0n) is 25.1. The lowest BCUT2D eigenvalue weighted by atomic mass is 10.0. The molecule has 1 atom stereocenters. The van der Waals surface area contributed by atoms with Crippen molar-refractivity contribution in [3.63, 3.8) is 0 Å². The molecular weight excluding hydrogens is 562 g/mol. The first-order valence-electron chi connectivity index (χ1n) is 15.1. The van der Waals surface area contributed by atoms with Crippen molar-refractivity contribution in [3.8, 4) is 0 Å². The van der Waals surface area contributed by atoms with Crippen molar-refractivity contribution in [2.24, 2.45) is 0 Å². The van der Waals surface area contributed by atoms with Gasteiger partial charge in [-0.05, 0) is 25.0 Å². The number of ether oxygens (including phenoxy) is 6. The molecule has 1 saturated heterocycles. The summed E-state index contributed by atoms with van der Waals surface area (Å²) in [7, 11) is 0. The summed E-state index contributed by atoms with van der Waals surface area (Å²) >= 11 is 0. The summed E-state index contributed by atoms with van der Waals surface area (Å²) in [4.78, 5) is 50.7. The Labute approximate surface area is 252 Å². The number of piperidine rings is 1. The standard InChI is InChI=1S/C30H45N3O10/c1-2-3-4-11-38-13-15-40-17-19-42-21-22-43-20-18-41-16-14-39-12-10-31-24-7-5-6-23-27(24)30(37)33(29(23)36)25-8-9-26(34)32-28(25)35/h5-7,25,31H,2-4,8-22H2,1H3,(H,32,34,35). The summed E-state index contributed by atoms with van der Waals surface area (Å²) in [5.74, 6) is -2.14. The lowest BCUT2D eigenvalue weighted by Crippen LogP contribution is -2.54. The van der Waals surface area contributed by atoms with Gasteiger partial charge in [0.2, 0.25) is 11.8 Å². The van der Waals surface area contributed by atoms with Crippen LogP contribution in [0.15, 0.2) is 18.2 Å². The number of nitrogens with zero attached hydrogens (tertiary/aromatic N) is 1. The number of carbonyl (C=O) groups is 4. The molecule has 13 nitrogen and oxygen atoms in total. The van der Waals surface area contributed by atoms with E-state index in [1.807, 2.05) is 0 Å². The molecule has 1 unspecified atom stereocenters. The normalized spacial score (nSPS) is 16.6. The van der Waals surface area contributed by atoms with E-state index in [9.17, 15) is 19.2 Å². The van der Waals surface area contributed by atoms with Gasteiger partial charge in [-0.3, -0.25) is 29.4 Å². The van der Waals surface area contributed by atoms with Gasteiger partial charge in [-0.1, -0.05) is 25.8 Å². The van der Waals surface area contributed by atoms with Crippen molar-refractivity contribution in [1.29, 1.82) is 0 Å². The third kappa shape index (κ3) is 11.6. The van der Waals surface area contributed by atoms with Gasteiger partial charge in [0, 0.05) is 25.3 Å². The summed E-state index contributed by atoms with van der Waals surface area (Å²) in [6, 6.07) is 3.93. The molecule has 2 heterocycles. The topological polar surface area (TPSA) is 151 Å². The van der Waals surface area contributed by atoms with Crippen molar-refractivity contribution >= 4 is 29.3 Å². The molecule has 1 fully saturated rings. The van der Waals surface area contributed by atoms with Crippen LogP contribution in [0.25, 0.3) is 0 Å². The fourth-order valence-corrected chi connectivity index (χ4v) is 4.58. The van der Waals surface area contributed by atoms with Gasteiger partial charge in [0.1, 0.15) is 6.04 Å². The monoisotopic (exact) mass is 607 g/mol.